The molecule has 0 aliphatic heterocycles. The molecule has 1 aliphatic rings. The summed E-state index contributed by atoms with van der Waals surface area (Å²) in [5, 5.41) is 9.54. The molecule has 0 unspecified atom stereocenters. The van der Waals surface area contributed by atoms with E-state index in [9.17, 15) is 10.1 Å². The monoisotopic (exact) mass is 279 g/mol. The molecular weight excluding hydrogens is 250 g/mol. The standard InChI is InChI=1S/C16H29N3O/c1-4-6-12-19(5-2)13-15(20)18(3)16(14-17)10-8-7-9-11-16/h4-13H2,1-3H3. The van der Waals surface area contributed by atoms with E-state index in [2.05, 4.69) is 24.8 Å². The lowest BCUT2D eigenvalue weighted by atomic mass is 9.81. The lowest BCUT2D eigenvalue weighted by molar-refractivity contribution is -0.136. The summed E-state index contributed by atoms with van der Waals surface area (Å²) in [6.07, 6.45) is 7.20. The molecule has 0 N–H and O–H groups in total. The van der Waals surface area contributed by atoms with Gasteiger partial charge in [-0.15, -0.1) is 0 Å². The molecule has 0 saturated heterocycles. The topological polar surface area (TPSA) is 47.3 Å². The molecule has 0 radical (unpaired) electrons. The van der Waals surface area contributed by atoms with Gasteiger partial charge >= 0.3 is 0 Å². The van der Waals surface area contributed by atoms with Crippen molar-refractivity contribution in [2.45, 2.75) is 64.3 Å². The van der Waals surface area contributed by atoms with Crippen LogP contribution in [0.15, 0.2) is 0 Å². The Kier molecular flexibility index (Phi) is 7.01. The summed E-state index contributed by atoms with van der Waals surface area (Å²) >= 11 is 0. The second-order valence-electron chi connectivity index (χ2n) is 5.88. The van der Waals surface area contributed by atoms with E-state index in [1.165, 1.54) is 6.42 Å². The number of likely N-dealkylation sites (N-methyl/N-ethyl adjacent to an activating group) is 2. The zero-order valence-corrected chi connectivity index (χ0v) is 13.3. The Balaban J connectivity index is 2.62. The van der Waals surface area contributed by atoms with E-state index in [1.807, 2.05) is 7.05 Å². The van der Waals surface area contributed by atoms with Crippen molar-refractivity contribution in [3.05, 3.63) is 0 Å². The molecule has 0 spiro atoms. The Morgan fingerprint density at radius 1 is 1.25 bits per heavy atom. The lowest BCUT2D eigenvalue weighted by Gasteiger charge is -2.39. The number of rotatable bonds is 7. The fourth-order valence-electron chi connectivity index (χ4n) is 2.93. The Morgan fingerprint density at radius 2 is 1.90 bits per heavy atom. The van der Waals surface area contributed by atoms with Crippen molar-refractivity contribution >= 4 is 5.91 Å². The van der Waals surface area contributed by atoms with Gasteiger partial charge in [-0.3, -0.25) is 9.69 Å². The van der Waals surface area contributed by atoms with Crippen molar-refractivity contribution in [1.82, 2.24) is 9.80 Å². The molecule has 1 amide bonds. The first-order chi connectivity index (χ1) is 9.59. The van der Waals surface area contributed by atoms with Crippen molar-refractivity contribution < 1.29 is 4.79 Å². The van der Waals surface area contributed by atoms with Crippen LogP contribution < -0.4 is 0 Å². The van der Waals surface area contributed by atoms with Gasteiger partial charge in [-0.25, -0.2) is 0 Å². The second-order valence-corrected chi connectivity index (χ2v) is 5.88. The SMILES string of the molecule is CCCCN(CC)CC(=O)N(C)C1(C#N)CCCCC1. The van der Waals surface area contributed by atoms with Crippen LogP contribution in [0.2, 0.25) is 0 Å². The molecule has 0 heterocycles. The Labute approximate surface area is 123 Å². The quantitative estimate of drug-likeness (QED) is 0.720. The van der Waals surface area contributed by atoms with E-state index in [4.69, 9.17) is 0 Å². The molecule has 0 bridgehead atoms. The number of carbonyl (C=O) groups is 1. The largest absolute Gasteiger partial charge is 0.326 e. The molecule has 0 atom stereocenters. The fourth-order valence-corrected chi connectivity index (χ4v) is 2.93. The summed E-state index contributed by atoms with van der Waals surface area (Å²) in [7, 11) is 1.81. The second kappa shape index (κ2) is 8.26. The minimum Gasteiger partial charge on any atom is -0.326 e. The molecule has 0 aromatic carbocycles. The minimum absolute atomic E-state index is 0.0893. The molecule has 4 heteroatoms. The minimum atomic E-state index is -0.556. The van der Waals surface area contributed by atoms with E-state index < -0.39 is 5.54 Å². The smallest absolute Gasteiger partial charge is 0.237 e. The highest BCUT2D eigenvalue weighted by atomic mass is 16.2. The molecular formula is C16H29N3O. The van der Waals surface area contributed by atoms with Gasteiger partial charge in [0.25, 0.3) is 0 Å². The first-order valence-electron chi connectivity index (χ1n) is 8.00. The third-order valence-electron chi connectivity index (χ3n) is 4.54. The van der Waals surface area contributed by atoms with E-state index in [0.29, 0.717) is 6.54 Å². The van der Waals surface area contributed by atoms with Gasteiger partial charge < -0.3 is 4.90 Å². The van der Waals surface area contributed by atoms with Gasteiger partial charge in [0.1, 0.15) is 5.54 Å². The predicted molar refractivity (Wildman–Crippen MR) is 81.2 cm³/mol. The van der Waals surface area contributed by atoms with E-state index in [1.54, 1.807) is 4.90 Å². The summed E-state index contributed by atoms with van der Waals surface area (Å²) in [6, 6.07) is 2.42. The third kappa shape index (κ3) is 4.21. The number of amides is 1. The van der Waals surface area contributed by atoms with E-state index in [0.717, 1.165) is 51.6 Å². The van der Waals surface area contributed by atoms with Crippen LogP contribution in [0.5, 0.6) is 0 Å². The van der Waals surface area contributed by atoms with Gasteiger partial charge in [0, 0.05) is 7.05 Å². The molecule has 1 rings (SSSR count). The van der Waals surface area contributed by atoms with Gasteiger partial charge in [-0.1, -0.05) is 39.5 Å². The Bertz CT molecular complexity index is 342. The molecule has 114 valence electrons. The van der Waals surface area contributed by atoms with Crippen LogP contribution >= 0.6 is 0 Å². The van der Waals surface area contributed by atoms with Crippen LogP contribution in [0.4, 0.5) is 0 Å². The normalized spacial score (nSPS) is 17.8. The molecule has 1 aliphatic carbocycles. The maximum atomic E-state index is 12.5. The van der Waals surface area contributed by atoms with Crippen LogP contribution in [0.1, 0.15) is 58.8 Å². The van der Waals surface area contributed by atoms with Gasteiger partial charge in [-0.2, -0.15) is 5.26 Å². The Hall–Kier alpha value is -1.08. The maximum absolute atomic E-state index is 12.5. The number of hydrogen-bond acceptors (Lipinski definition) is 3. The molecule has 1 saturated carbocycles. The number of hydrogen-bond donors (Lipinski definition) is 0. The maximum Gasteiger partial charge on any atom is 0.237 e. The zero-order valence-electron chi connectivity index (χ0n) is 13.3. The van der Waals surface area contributed by atoms with Gasteiger partial charge in [0.05, 0.1) is 12.6 Å². The molecule has 0 aromatic heterocycles. The van der Waals surface area contributed by atoms with Crippen molar-refractivity contribution in [1.29, 1.82) is 5.26 Å². The predicted octanol–water partition coefficient (Wildman–Crippen LogP) is 2.79. The van der Waals surface area contributed by atoms with Crippen LogP contribution in [0, 0.1) is 11.3 Å². The fraction of sp³-hybridized carbons (Fsp3) is 0.875. The molecule has 4 nitrogen and oxygen atoms in total. The highest BCUT2D eigenvalue weighted by Gasteiger charge is 2.38. The van der Waals surface area contributed by atoms with Crippen LogP contribution in [0.3, 0.4) is 0 Å². The highest BCUT2D eigenvalue weighted by Crippen LogP contribution is 2.32. The summed E-state index contributed by atoms with van der Waals surface area (Å²) in [5.41, 5.74) is -0.556. The Morgan fingerprint density at radius 3 is 2.40 bits per heavy atom. The summed E-state index contributed by atoms with van der Waals surface area (Å²) in [5.74, 6) is 0.0893. The number of nitrogens with zero attached hydrogens (tertiary/aromatic N) is 3. The first-order valence-corrected chi connectivity index (χ1v) is 8.00. The molecule has 0 aromatic rings. The lowest BCUT2D eigenvalue weighted by Crippen LogP contribution is -2.52. The van der Waals surface area contributed by atoms with E-state index in [-0.39, 0.29) is 5.91 Å². The van der Waals surface area contributed by atoms with Gasteiger partial charge in [0.15, 0.2) is 0 Å². The van der Waals surface area contributed by atoms with Gasteiger partial charge in [-0.05, 0) is 32.4 Å². The molecule has 20 heavy (non-hydrogen) atoms. The average Bonchev–Trinajstić information content (AvgIpc) is 2.50. The first kappa shape index (κ1) is 17.0. The van der Waals surface area contributed by atoms with Crippen LogP contribution in [-0.2, 0) is 4.79 Å². The third-order valence-corrected chi connectivity index (χ3v) is 4.54. The van der Waals surface area contributed by atoms with Crippen molar-refractivity contribution in [2.24, 2.45) is 0 Å². The van der Waals surface area contributed by atoms with Crippen molar-refractivity contribution in [3.8, 4) is 6.07 Å². The number of nitriles is 1. The van der Waals surface area contributed by atoms with Crippen molar-refractivity contribution in [3.63, 3.8) is 0 Å². The van der Waals surface area contributed by atoms with Gasteiger partial charge in [0.2, 0.25) is 5.91 Å². The van der Waals surface area contributed by atoms with Crippen molar-refractivity contribution in [2.75, 3.05) is 26.7 Å². The van der Waals surface area contributed by atoms with E-state index >= 15 is 0 Å². The zero-order chi connectivity index (χ0) is 15.0. The average molecular weight is 279 g/mol. The molecule has 1 fully saturated rings. The summed E-state index contributed by atoms with van der Waals surface area (Å²) in [4.78, 5) is 16.4. The number of unbranched alkanes of at least 4 members (excludes halogenated alkanes) is 1. The summed E-state index contributed by atoms with van der Waals surface area (Å²) in [6.45, 7) is 6.54. The van der Waals surface area contributed by atoms with Crippen LogP contribution in [0.25, 0.3) is 0 Å². The number of carbonyl (C=O) groups excluding carboxylic acids is 1. The van der Waals surface area contributed by atoms with Crippen LogP contribution in [-0.4, -0.2) is 47.9 Å². The highest BCUT2D eigenvalue weighted by molar-refractivity contribution is 5.79. The summed E-state index contributed by atoms with van der Waals surface area (Å²) < 4.78 is 0.